The monoisotopic (exact) mass is 232 g/mol. The molecule has 1 heterocycles. The van der Waals surface area contributed by atoms with Crippen molar-refractivity contribution in [3.63, 3.8) is 0 Å². The summed E-state index contributed by atoms with van der Waals surface area (Å²) in [7, 11) is 0. The number of rotatable bonds is 5. The average molecular weight is 232 g/mol. The van der Waals surface area contributed by atoms with Gasteiger partial charge in [0, 0.05) is 6.92 Å². The van der Waals surface area contributed by atoms with Crippen molar-refractivity contribution in [1.82, 2.24) is 0 Å². The van der Waals surface area contributed by atoms with Crippen molar-refractivity contribution in [2.24, 2.45) is 5.92 Å². The molecule has 0 radical (unpaired) electrons. The second-order valence-corrected chi connectivity index (χ2v) is 4.02. The molecule has 0 aliphatic carbocycles. The van der Waals surface area contributed by atoms with Crippen LogP contribution in [0.5, 0.6) is 0 Å². The van der Waals surface area contributed by atoms with Crippen molar-refractivity contribution in [1.29, 1.82) is 0 Å². The van der Waals surface area contributed by atoms with Gasteiger partial charge in [0.25, 0.3) is 5.97 Å². The molecule has 5 nitrogen and oxygen atoms in total. The SMILES string of the molecule is CC(=O)O.CCC[C@@H]1O[C@H]1[C@H](C)CC(=O)O. The third-order valence-corrected chi connectivity index (χ3v) is 2.25. The predicted octanol–water partition coefficient (Wildman–Crippen LogP) is 1.76. The van der Waals surface area contributed by atoms with E-state index in [0.29, 0.717) is 6.10 Å². The molecule has 1 saturated heterocycles. The lowest BCUT2D eigenvalue weighted by molar-refractivity contribution is -0.138. The van der Waals surface area contributed by atoms with Crippen LogP contribution in [0, 0.1) is 5.92 Å². The van der Waals surface area contributed by atoms with E-state index in [1.807, 2.05) is 6.92 Å². The summed E-state index contributed by atoms with van der Waals surface area (Å²) in [6.07, 6.45) is 2.95. The lowest BCUT2D eigenvalue weighted by Gasteiger charge is -2.02. The highest BCUT2D eigenvalue weighted by Gasteiger charge is 2.42. The number of carbonyl (C=O) groups is 2. The second kappa shape index (κ2) is 7.22. The summed E-state index contributed by atoms with van der Waals surface area (Å²) in [5.41, 5.74) is 0. The van der Waals surface area contributed by atoms with Gasteiger partial charge in [0.15, 0.2) is 0 Å². The summed E-state index contributed by atoms with van der Waals surface area (Å²) in [4.78, 5) is 19.4. The van der Waals surface area contributed by atoms with Gasteiger partial charge >= 0.3 is 5.97 Å². The molecule has 1 aliphatic rings. The normalized spacial score (nSPS) is 23.9. The fraction of sp³-hybridized carbons (Fsp3) is 0.818. The smallest absolute Gasteiger partial charge is 0.303 e. The van der Waals surface area contributed by atoms with Gasteiger partial charge in [0.1, 0.15) is 0 Å². The molecule has 2 N–H and O–H groups in total. The Balaban J connectivity index is 0.000000487. The first-order chi connectivity index (χ1) is 7.38. The van der Waals surface area contributed by atoms with Gasteiger partial charge in [-0.2, -0.15) is 0 Å². The van der Waals surface area contributed by atoms with Gasteiger partial charge in [-0.25, -0.2) is 0 Å². The maximum atomic E-state index is 10.4. The minimum Gasteiger partial charge on any atom is -0.481 e. The van der Waals surface area contributed by atoms with Gasteiger partial charge in [0.2, 0.25) is 0 Å². The van der Waals surface area contributed by atoms with E-state index in [-0.39, 0.29) is 18.4 Å². The molecular weight excluding hydrogens is 212 g/mol. The average Bonchev–Trinajstić information content (AvgIpc) is 2.82. The molecule has 0 amide bonds. The highest BCUT2D eigenvalue weighted by Crippen LogP contribution is 2.34. The van der Waals surface area contributed by atoms with Crippen LogP contribution in [0.25, 0.3) is 0 Å². The number of carboxylic acids is 2. The Kier molecular flexibility index (Phi) is 6.72. The Labute approximate surface area is 95.4 Å². The lowest BCUT2D eigenvalue weighted by atomic mass is 10.0. The molecule has 3 atom stereocenters. The van der Waals surface area contributed by atoms with E-state index >= 15 is 0 Å². The molecule has 0 aromatic heterocycles. The molecule has 0 unspecified atom stereocenters. The van der Waals surface area contributed by atoms with Gasteiger partial charge in [-0.3, -0.25) is 9.59 Å². The largest absolute Gasteiger partial charge is 0.481 e. The highest BCUT2D eigenvalue weighted by molar-refractivity contribution is 5.67. The zero-order valence-electron chi connectivity index (χ0n) is 9.97. The molecule has 16 heavy (non-hydrogen) atoms. The predicted molar refractivity (Wildman–Crippen MR) is 58.3 cm³/mol. The topological polar surface area (TPSA) is 87.1 Å². The van der Waals surface area contributed by atoms with E-state index in [1.54, 1.807) is 0 Å². The Morgan fingerprint density at radius 2 is 1.88 bits per heavy atom. The number of hydrogen-bond acceptors (Lipinski definition) is 3. The third kappa shape index (κ3) is 7.23. The Morgan fingerprint density at radius 1 is 1.38 bits per heavy atom. The number of hydrogen-bond donors (Lipinski definition) is 2. The van der Waals surface area contributed by atoms with E-state index < -0.39 is 11.9 Å². The lowest BCUT2D eigenvalue weighted by Crippen LogP contribution is -2.11. The summed E-state index contributed by atoms with van der Waals surface area (Å²) in [5.74, 6) is -1.40. The van der Waals surface area contributed by atoms with Crippen molar-refractivity contribution in [2.75, 3.05) is 0 Å². The number of aliphatic carboxylic acids is 2. The molecule has 0 saturated carbocycles. The summed E-state index contributed by atoms with van der Waals surface area (Å²) >= 11 is 0. The van der Waals surface area contributed by atoms with Gasteiger partial charge in [-0.05, 0) is 12.3 Å². The fourth-order valence-corrected chi connectivity index (χ4v) is 1.57. The Bertz CT molecular complexity index is 235. The second-order valence-electron chi connectivity index (χ2n) is 4.02. The van der Waals surface area contributed by atoms with Crippen LogP contribution in [0.4, 0.5) is 0 Å². The van der Waals surface area contributed by atoms with Crippen LogP contribution in [0.3, 0.4) is 0 Å². The van der Waals surface area contributed by atoms with E-state index in [4.69, 9.17) is 19.7 Å². The van der Waals surface area contributed by atoms with Gasteiger partial charge < -0.3 is 14.9 Å². The van der Waals surface area contributed by atoms with Crippen LogP contribution >= 0.6 is 0 Å². The van der Waals surface area contributed by atoms with Crippen molar-refractivity contribution < 1.29 is 24.5 Å². The Morgan fingerprint density at radius 3 is 2.25 bits per heavy atom. The zero-order valence-corrected chi connectivity index (χ0v) is 9.97. The molecule has 94 valence electrons. The molecule has 1 rings (SSSR count). The molecule has 1 fully saturated rings. The minimum atomic E-state index is -0.833. The molecule has 5 heteroatoms. The Hall–Kier alpha value is -1.10. The van der Waals surface area contributed by atoms with Crippen LogP contribution in [-0.4, -0.2) is 34.4 Å². The quantitative estimate of drug-likeness (QED) is 0.705. The zero-order chi connectivity index (χ0) is 12.7. The van der Waals surface area contributed by atoms with Crippen molar-refractivity contribution in [3.8, 4) is 0 Å². The van der Waals surface area contributed by atoms with Crippen molar-refractivity contribution in [3.05, 3.63) is 0 Å². The van der Waals surface area contributed by atoms with Crippen LogP contribution in [0.2, 0.25) is 0 Å². The van der Waals surface area contributed by atoms with E-state index in [1.165, 1.54) is 0 Å². The third-order valence-electron chi connectivity index (χ3n) is 2.25. The van der Waals surface area contributed by atoms with Gasteiger partial charge in [0.05, 0.1) is 18.6 Å². The highest BCUT2D eigenvalue weighted by atomic mass is 16.6. The molecular formula is C11H20O5. The fourth-order valence-electron chi connectivity index (χ4n) is 1.57. The first-order valence-corrected chi connectivity index (χ1v) is 5.45. The van der Waals surface area contributed by atoms with E-state index in [0.717, 1.165) is 19.8 Å². The van der Waals surface area contributed by atoms with Crippen LogP contribution in [0.1, 0.15) is 40.0 Å². The van der Waals surface area contributed by atoms with Crippen molar-refractivity contribution >= 4 is 11.9 Å². The molecule has 0 bridgehead atoms. The summed E-state index contributed by atoms with van der Waals surface area (Å²) < 4.78 is 5.36. The first-order valence-electron chi connectivity index (χ1n) is 5.45. The standard InChI is InChI=1S/C9H16O3.C2H4O2/c1-3-4-7-9(12-7)6(2)5-8(10)11;1-2(3)4/h6-7,9H,3-5H2,1-2H3,(H,10,11);1H3,(H,3,4)/t6-,7+,9+;/m1./s1. The number of carboxylic acid groups (broad SMARTS) is 2. The molecule has 0 spiro atoms. The van der Waals surface area contributed by atoms with E-state index in [9.17, 15) is 4.79 Å². The molecule has 0 aromatic carbocycles. The molecule has 0 aromatic rings. The van der Waals surface area contributed by atoms with Gasteiger partial charge in [-0.15, -0.1) is 0 Å². The number of epoxide rings is 1. The summed E-state index contributed by atoms with van der Waals surface area (Å²) in [5, 5.41) is 15.9. The van der Waals surface area contributed by atoms with Gasteiger partial charge in [-0.1, -0.05) is 20.3 Å². The van der Waals surface area contributed by atoms with Crippen molar-refractivity contribution in [2.45, 2.75) is 52.2 Å². The minimum absolute atomic E-state index is 0.166. The van der Waals surface area contributed by atoms with E-state index in [2.05, 4.69) is 6.92 Å². The maximum absolute atomic E-state index is 10.4. The van der Waals surface area contributed by atoms with Crippen LogP contribution < -0.4 is 0 Å². The molecule has 1 aliphatic heterocycles. The summed E-state index contributed by atoms with van der Waals surface area (Å²) in [6.45, 7) is 5.13. The number of ether oxygens (including phenoxy) is 1. The first kappa shape index (κ1) is 14.9. The summed E-state index contributed by atoms with van der Waals surface area (Å²) in [6, 6.07) is 0. The maximum Gasteiger partial charge on any atom is 0.303 e. The van der Waals surface area contributed by atoms with Crippen LogP contribution in [-0.2, 0) is 14.3 Å². The van der Waals surface area contributed by atoms with Crippen LogP contribution in [0.15, 0.2) is 0 Å².